The lowest BCUT2D eigenvalue weighted by molar-refractivity contribution is -0.140. The highest BCUT2D eigenvalue weighted by molar-refractivity contribution is 14.0. The first-order valence-electron chi connectivity index (χ1n) is 8.00. The van der Waals surface area contributed by atoms with Crippen LogP contribution in [0.1, 0.15) is 31.5 Å². The Bertz CT molecular complexity index is 667. The molecule has 0 radical (unpaired) electrons. The number of carbonyl (C=O) groups excluding carboxylic acids is 1. The van der Waals surface area contributed by atoms with Gasteiger partial charge in [-0.25, -0.2) is 14.8 Å². The summed E-state index contributed by atoms with van der Waals surface area (Å²) in [5.74, 6) is 0.220. The van der Waals surface area contributed by atoms with Crippen molar-refractivity contribution in [3.05, 3.63) is 16.1 Å². The summed E-state index contributed by atoms with van der Waals surface area (Å²) in [5.41, 5.74) is 4.43. The number of amides is 1. The zero-order valence-corrected chi connectivity index (χ0v) is 18.4. The number of aromatic nitrogens is 1. The highest BCUT2D eigenvalue weighted by Gasteiger charge is 2.33. The van der Waals surface area contributed by atoms with Crippen LogP contribution in [-0.4, -0.2) is 58.6 Å². The van der Waals surface area contributed by atoms with E-state index >= 15 is 0 Å². The van der Waals surface area contributed by atoms with Gasteiger partial charge in [0.15, 0.2) is 11.7 Å². The molecule has 1 fully saturated rings. The van der Waals surface area contributed by atoms with Gasteiger partial charge in [-0.1, -0.05) is 0 Å². The van der Waals surface area contributed by atoms with Crippen molar-refractivity contribution in [1.29, 1.82) is 0 Å². The molecular weight excluding hydrogens is 498 g/mol. The Morgan fingerprint density at radius 2 is 1.81 bits per heavy atom. The Labute approximate surface area is 176 Å². The van der Waals surface area contributed by atoms with Crippen LogP contribution in [-0.2, 0) is 17.5 Å². The van der Waals surface area contributed by atoms with E-state index in [1.54, 1.807) is 30.6 Å². The van der Waals surface area contributed by atoms with Crippen LogP contribution in [0, 0.1) is 0 Å². The fourth-order valence-corrected chi connectivity index (χ4v) is 2.93. The van der Waals surface area contributed by atoms with Gasteiger partial charge in [0, 0.05) is 31.6 Å². The number of hydrogen-bond acceptors (Lipinski definition) is 5. The van der Waals surface area contributed by atoms with Gasteiger partial charge in [0.25, 0.3) is 0 Å². The molecular formula is C15H23F3IN5O2S. The number of carbonyl (C=O) groups is 1. The molecule has 12 heteroatoms. The maximum absolute atomic E-state index is 12.5. The molecule has 1 saturated heterocycles. The minimum absolute atomic E-state index is 0. The van der Waals surface area contributed by atoms with E-state index in [0.717, 1.165) is 16.7 Å². The first-order chi connectivity index (χ1) is 12.0. The van der Waals surface area contributed by atoms with Crippen molar-refractivity contribution in [2.24, 2.45) is 10.7 Å². The summed E-state index contributed by atoms with van der Waals surface area (Å²) in [7, 11) is 0. The van der Waals surface area contributed by atoms with E-state index in [1.807, 2.05) is 0 Å². The Morgan fingerprint density at radius 1 is 1.26 bits per heavy atom. The molecule has 0 bridgehead atoms. The third-order valence-corrected chi connectivity index (χ3v) is 4.31. The average molecular weight is 521 g/mol. The minimum Gasteiger partial charge on any atom is -0.444 e. The molecule has 0 unspecified atom stereocenters. The largest absolute Gasteiger partial charge is 0.444 e. The van der Waals surface area contributed by atoms with Crippen LogP contribution in [0.15, 0.2) is 10.4 Å². The van der Waals surface area contributed by atoms with Crippen molar-refractivity contribution in [3.8, 4) is 0 Å². The number of guanidine groups is 1. The first kappa shape index (κ1) is 23.7. The normalized spacial score (nSPS) is 16.1. The summed E-state index contributed by atoms with van der Waals surface area (Å²) >= 11 is 0.893. The summed E-state index contributed by atoms with van der Waals surface area (Å²) in [5, 5.41) is 1.20. The van der Waals surface area contributed by atoms with Gasteiger partial charge >= 0.3 is 12.3 Å². The summed E-state index contributed by atoms with van der Waals surface area (Å²) in [6, 6.07) is 0. The number of halogens is 4. The van der Waals surface area contributed by atoms with Crippen molar-refractivity contribution in [1.82, 2.24) is 14.8 Å². The lowest BCUT2D eigenvalue weighted by atomic mass is 10.2. The minimum atomic E-state index is -4.46. The molecule has 1 amide bonds. The molecule has 0 atom stereocenters. The summed E-state index contributed by atoms with van der Waals surface area (Å²) in [6.07, 6.45) is -4.84. The topological polar surface area (TPSA) is 84.0 Å². The molecule has 2 heterocycles. The van der Waals surface area contributed by atoms with Crippen LogP contribution in [0.25, 0.3) is 0 Å². The Morgan fingerprint density at radius 3 is 2.30 bits per heavy atom. The summed E-state index contributed by atoms with van der Waals surface area (Å²) in [6.45, 7) is 7.19. The van der Waals surface area contributed by atoms with Crippen LogP contribution in [0.3, 0.4) is 0 Å². The molecule has 1 aromatic rings. The molecule has 7 nitrogen and oxygen atoms in total. The van der Waals surface area contributed by atoms with Crippen molar-refractivity contribution in [2.75, 3.05) is 26.2 Å². The molecule has 0 aliphatic carbocycles. The van der Waals surface area contributed by atoms with Crippen LogP contribution in [0.5, 0.6) is 0 Å². The monoisotopic (exact) mass is 521 g/mol. The van der Waals surface area contributed by atoms with Crippen LogP contribution in [0.2, 0.25) is 0 Å². The molecule has 154 valence electrons. The number of hydrogen-bond donors (Lipinski definition) is 1. The third kappa shape index (κ3) is 7.31. The van der Waals surface area contributed by atoms with E-state index in [1.165, 1.54) is 0 Å². The number of nitrogens with zero attached hydrogens (tertiary/aromatic N) is 4. The predicted octanol–water partition coefficient (Wildman–Crippen LogP) is 3.15. The number of thiazole rings is 1. The highest BCUT2D eigenvalue weighted by atomic mass is 127. The molecule has 2 N–H and O–H groups in total. The van der Waals surface area contributed by atoms with E-state index in [4.69, 9.17) is 10.5 Å². The Hall–Kier alpha value is -1.31. The second kappa shape index (κ2) is 9.26. The van der Waals surface area contributed by atoms with Crippen LogP contribution < -0.4 is 5.73 Å². The summed E-state index contributed by atoms with van der Waals surface area (Å²) in [4.78, 5) is 23.0. The van der Waals surface area contributed by atoms with Crippen molar-refractivity contribution in [3.63, 3.8) is 0 Å². The fraction of sp³-hybridized carbons (Fsp3) is 0.667. The molecule has 0 spiro atoms. The van der Waals surface area contributed by atoms with Crippen molar-refractivity contribution >= 4 is 47.4 Å². The van der Waals surface area contributed by atoms with Gasteiger partial charge in [0.1, 0.15) is 10.6 Å². The van der Waals surface area contributed by atoms with Crippen molar-refractivity contribution < 1.29 is 22.7 Å². The van der Waals surface area contributed by atoms with Crippen molar-refractivity contribution in [2.45, 2.75) is 39.1 Å². The Kier molecular flexibility index (Phi) is 8.14. The number of alkyl halides is 3. The van der Waals surface area contributed by atoms with E-state index < -0.39 is 17.5 Å². The third-order valence-electron chi connectivity index (χ3n) is 3.47. The van der Waals surface area contributed by atoms with E-state index in [-0.39, 0.29) is 47.6 Å². The molecule has 2 rings (SSSR count). The standard InChI is InChI=1S/C15H22F3N5O2S.HI/c1-14(2,3)25-13(24)23-6-4-22(5-7-23)12(19)20-8-11-21-10(9-26-11)15(16,17)18;/h9H,4-8H2,1-3H3,(H2,19,20);1H. The predicted molar refractivity (Wildman–Crippen MR) is 107 cm³/mol. The molecule has 0 aromatic carbocycles. The van der Waals surface area contributed by atoms with Crippen LogP contribution >= 0.6 is 35.3 Å². The lowest BCUT2D eigenvalue weighted by Crippen LogP contribution is -2.53. The second-order valence-electron chi connectivity index (χ2n) is 6.75. The van der Waals surface area contributed by atoms with Gasteiger partial charge in [-0.15, -0.1) is 35.3 Å². The van der Waals surface area contributed by atoms with Gasteiger partial charge in [-0.05, 0) is 20.8 Å². The number of rotatable bonds is 2. The maximum Gasteiger partial charge on any atom is 0.434 e. The van der Waals surface area contributed by atoms with Gasteiger partial charge < -0.3 is 20.3 Å². The van der Waals surface area contributed by atoms with Gasteiger partial charge in [0.2, 0.25) is 0 Å². The number of piperazine rings is 1. The van der Waals surface area contributed by atoms with Gasteiger partial charge in [-0.2, -0.15) is 13.2 Å². The average Bonchev–Trinajstić information content (AvgIpc) is 3.00. The Balaban J connectivity index is 0.00000364. The number of nitrogens with two attached hydrogens (primary N) is 1. The maximum atomic E-state index is 12.5. The fourth-order valence-electron chi connectivity index (χ4n) is 2.21. The number of aliphatic imine (C=N–C) groups is 1. The lowest BCUT2D eigenvalue weighted by Gasteiger charge is -2.36. The second-order valence-corrected chi connectivity index (χ2v) is 7.70. The van der Waals surface area contributed by atoms with E-state index in [9.17, 15) is 18.0 Å². The highest BCUT2D eigenvalue weighted by Crippen LogP contribution is 2.30. The zero-order valence-electron chi connectivity index (χ0n) is 15.2. The zero-order chi connectivity index (χ0) is 19.5. The van der Waals surface area contributed by atoms with Gasteiger partial charge in [0.05, 0.1) is 6.54 Å². The molecule has 27 heavy (non-hydrogen) atoms. The molecule has 1 aliphatic heterocycles. The SMILES string of the molecule is CC(C)(C)OC(=O)N1CCN(C(N)=NCc2nc(C(F)(F)F)cs2)CC1.I. The summed E-state index contributed by atoms with van der Waals surface area (Å²) < 4.78 is 42.9. The number of ether oxygens (including phenoxy) is 1. The smallest absolute Gasteiger partial charge is 0.434 e. The quantitative estimate of drug-likeness (QED) is 0.368. The van der Waals surface area contributed by atoms with E-state index in [0.29, 0.717) is 26.2 Å². The molecule has 0 saturated carbocycles. The molecule has 1 aromatic heterocycles. The first-order valence-corrected chi connectivity index (χ1v) is 8.88. The van der Waals surface area contributed by atoms with E-state index in [2.05, 4.69) is 9.98 Å². The van der Waals surface area contributed by atoms with Gasteiger partial charge in [-0.3, -0.25) is 0 Å². The molecule has 1 aliphatic rings. The van der Waals surface area contributed by atoms with Crippen LogP contribution in [0.4, 0.5) is 18.0 Å².